The number of benzene rings is 1. The third kappa shape index (κ3) is 1.46. The number of rotatable bonds is 1. The Morgan fingerprint density at radius 3 is 3.04 bits per heavy atom. The molecule has 1 aromatic carbocycles. The van der Waals surface area contributed by atoms with Crippen LogP contribution in [-0.2, 0) is 14.9 Å². The Kier molecular flexibility index (Phi) is 2.52. The lowest BCUT2D eigenvalue weighted by Gasteiger charge is -2.55. The van der Waals surface area contributed by atoms with E-state index in [0.29, 0.717) is 23.9 Å². The van der Waals surface area contributed by atoms with Gasteiger partial charge in [0.05, 0.1) is 22.9 Å². The van der Waals surface area contributed by atoms with E-state index in [2.05, 4.69) is 42.2 Å². The van der Waals surface area contributed by atoms with E-state index in [4.69, 9.17) is 9.73 Å². The topological polar surface area (TPSA) is 41.9 Å². The number of carbonyl (C=O) groups excluding carboxylic acids is 1. The number of para-hydroxylation sites is 1. The number of allylic oxidation sites excluding steroid dienone is 1. The molecule has 0 N–H and O–H groups in total. The molecule has 1 saturated carbocycles. The predicted octanol–water partition coefficient (Wildman–Crippen LogP) is 2.99. The summed E-state index contributed by atoms with van der Waals surface area (Å²) in [6.45, 7) is 4.77. The van der Waals surface area contributed by atoms with E-state index >= 15 is 0 Å². The Morgan fingerprint density at radius 1 is 1.40 bits per heavy atom. The standard InChI is InChI=1S/C21H22N2O2/c1-3-12-10-23-16-8-13(12)18-17(23)9-21(20(18)25-11(2)24)14-6-4-5-7-15(14)22-19(16)21/h3-7,13,16-18,20H,8-10H2,1-2H3/b12-3+/t13-,16?,17-,18-,20+,21?/m0/s1. The van der Waals surface area contributed by atoms with Crippen molar-refractivity contribution in [1.29, 1.82) is 0 Å². The number of nitrogens with zero attached hydrogens (tertiary/aromatic N) is 2. The first-order valence-corrected chi connectivity index (χ1v) is 9.42. The Morgan fingerprint density at radius 2 is 2.24 bits per heavy atom. The SMILES string of the molecule is C/C=C1\CN2C3C[C@@H]1[C@@H]1[C@@H](OC(C)=O)C4(C[C@@H]12)C3=Nc1ccccc14. The summed E-state index contributed by atoms with van der Waals surface area (Å²) >= 11 is 0. The molecule has 4 heteroatoms. The Labute approximate surface area is 147 Å². The molecule has 7 atom stereocenters. The Balaban J connectivity index is 1.62. The highest BCUT2D eigenvalue weighted by atomic mass is 16.5. The molecule has 0 radical (unpaired) electrons. The summed E-state index contributed by atoms with van der Waals surface area (Å²) in [6, 6.07) is 9.42. The highest BCUT2D eigenvalue weighted by Crippen LogP contribution is 2.66. The van der Waals surface area contributed by atoms with Crippen LogP contribution in [0.2, 0.25) is 0 Å². The van der Waals surface area contributed by atoms with Crippen LogP contribution in [-0.4, -0.2) is 41.3 Å². The molecule has 6 aliphatic rings. The molecule has 5 aliphatic heterocycles. The van der Waals surface area contributed by atoms with Gasteiger partial charge in [-0.05, 0) is 37.3 Å². The van der Waals surface area contributed by atoms with Gasteiger partial charge in [-0.3, -0.25) is 14.7 Å². The smallest absolute Gasteiger partial charge is 0.302 e. The number of aliphatic imine (C=N–C) groups is 1. The molecule has 3 unspecified atom stereocenters. The molecule has 5 bridgehead atoms. The van der Waals surface area contributed by atoms with Crippen molar-refractivity contribution in [2.75, 3.05) is 6.54 Å². The Hall–Kier alpha value is -1.94. The first kappa shape index (κ1) is 14.3. The number of fused-ring (bicyclic) bond motifs is 2. The fourth-order valence-corrected chi connectivity index (χ4v) is 6.78. The molecule has 1 aromatic rings. The van der Waals surface area contributed by atoms with Crippen molar-refractivity contribution >= 4 is 17.4 Å². The van der Waals surface area contributed by atoms with Crippen molar-refractivity contribution in [2.24, 2.45) is 16.8 Å². The van der Waals surface area contributed by atoms with Crippen LogP contribution in [0.3, 0.4) is 0 Å². The van der Waals surface area contributed by atoms with Crippen LogP contribution in [0.4, 0.5) is 5.69 Å². The molecular formula is C21H22N2O2. The zero-order valence-corrected chi connectivity index (χ0v) is 14.6. The number of ether oxygens (including phenoxy) is 1. The molecule has 5 heterocycles. The van der Waals surface area contributed by atoms with Gasteiger partial charge in [-0.2, -0.15) is 0 Å². The average Bonchev–Trinajstić information content (AvgIpc) is 3.09. The highest BCUT2D eigenvalue weighted by Gasteiger charge is 2.73. The fraction of sp³-hybridized carbons (Fsp3) is 0.524. The van der Waals surface area contributed by atoms with E-state index in [1.165, 1.54) is 16.8 Å². The Bertz CT molecular complexity index is 872. The maximum Gasteiger partial charge on any atom is 0.302 e. The molecule has 128 valence electrons. The lowest BCUT2D eigenvalue weighted by Crippen LogP contribution is -2.64. The van der Waals surface area contributed by atoms with Crippen LogP contribution < -0.4 is 0 Å². The number of piperidine rings is 4. The summed E-state index contributed by atoms with van der Waals surface area (Å²) in [5.74, 6) is 0.778. The van der Waals surface area contributed by atoms with Crippen molar-refractivity contribution in [3.8, 4) is 0 Å². The van der Waals surface area contributed by atoms with Gasteiger partial charge in [-0.1, -0.05) is 29.8 Å². The maximum absolute atomic E-state index is 12.0. The number of carbonyl (C=O) groups is 1. The number of hydrogen-bond acceptors (Lipinski definition) is 4. The molecule has 4 saturated heterocycles. The fourth-order valence-electron chi connectivity index (χ4n) is 6.78. The van der Waals surface area contributed by atoms with Crippen LogP contribution in [0, 0.1) is 11.8 Å². The van der Waals surface area contributed by atoms with Gasteiger partial charge in [0.15, 0.2) is 0 Å². The lowest BCUT2D eigenvalue weighted by atomic mass is 9.66. The van der Waals surface area contributed by atoms with Crippen molar-refractivity contribution in [3.63, 3.8) is 0 Å². The van der Waals surface area contributed by atoms with E-state index in [1.807, 2.05) is 0 Å². The van der Waals surface area contributed by atoms with Crippen LogP contribution in [0.15, 0.2) is 40.9 Å². The minimum absolute atomic E-state index is 0.0763. The van der Waals surface area contributed by atoms with Crippen LogP contribution in [0.25, 0.3) is 0 Å². The van der Waals surface area contributed by atoms with Gasteiger partial charge in [-0.25, -0.2) is 0 Å². The van der Waals surface area contributed by atoms with E-state index < -0.39 is 0 Å². The second kappa shape index (κ2) is 4.42. The summed E-state index contributed by atoms with van der Waals surface area (Å²) < 4.78 is 6.09. The van der Waals surface area contributed by atoms with Crippen LogP contribution in [0.5, 0.6) is 0 Å². The summed E-state index contributed by atoms with van der Waals surface area (Å²) in [5, 5.41) is 0. The third-order valence-corrected chi connectivity index (χ3v) is 7.48. The van der Waals surface area contributed by atoms with Gasteiger partial charge in [0.2, 0.25) is 0 Å². The summed E-state index contributed by atoms with van der Waals surface area (Å²) in [4.78, 5) is 19.8. The van der Waals surface area contributed by atoms with E-state index in [9.17, 15) is 4.79 Å². The molecule has 0 aromatic heterocycles. The van der Waals surface area contributed by atoms with Gasteiger partial charge in [0.1, 0.15) is 6.10 Å². The number of hydrogen-bond donors (Lipinski definition) is 0. The largest absolute Gasteiger partial charge is 0.461 e. The minimum Gasteiger partial charge on any atom is -0.461 e. The van der Waals surface area contributed by atoms with Crippen molar-refractivity contribution in [1.82, 2.24) is 4.90 Å². The normalized spacial score (nSPS) is 46.2. The summed E-state index contributed by atoms with van der Waals surface area (Å²) in [7, 11) is 0. The van der Waals surface area contributed by atoms with Gasteiger partial charge >= 0.3 is 5.97 Å². The second-order valence-corrected chi connectivity index (χ2v) is 8.26. The highest BCUT2D eigenvalue weighted by molar-refractivity contribution is 6.08. The lowest BCUT2D eigenvalue weighted by molar-refractivity contribution is -0.152. The molecule has 7 rings (SSSR count). The van der Waals surface area contributed by atoms with E-state index in [0.717, 1.165) is 25.1 Å². The van der Waals surface area contributed by atoms with Crippen LogP contribution >= 0.6 is 0 Å². The second-order valence-electron chi connectivity index (χ2n) is 8.26. The monoisotopic (exact) mass is 334 g/mol. The first-order chi connectivity index (χ1) is 12.1. The van der Waals surface area contributed by atoms with E-state index in [-0.39, 0.29) is 17.5 Å². The van der Waals surface area contributed by atoms with Crippen molar-refractivity contribution in [3.05, 3.63) is 41.5 Å². The average molecular weight is 334 g/mol. The molecule has 25 heavy (non-hydrogen) atoms. The van der Waals surface area contributed by atoms with E-state index in [1.54, 1.807) is 6.92 Å². The van der Waals surface area contributed by atoms with Crippen LogP contribution in [0.1, 0.15) is 32.3 Å². The molecule has 1 aliphatic carbocycles. The number of esters is 1. The third-order valence-electron chi connectivity index (χ3n) is 7.48. The zero-order chi connectivity index (χ0) is 16.9. The predicted molar refractivity (Wildman–Crippen MR) is 95.0 cm³/mol. The van der Waals surface area contributed by atoms with Gasteiger partial charge in [0.25, 0.3) is 0 Å². The minimum atomic E-state index is -0.184. The molecule has 4 nitrogen and oxygen atoms in total. The zero-order valence-electron chi connectivity index (χ0n) is 14.6. The van der Waals surface area contributed by atoms with Crippen molar-refractivity contribution in [2.45, 2.75) is 50.3 Å². The van der Waals surface area contributed by atoms with Gasteiger partial charge in [-0.15, -0.1) is 0 Å². The maximum atomic E-state index is 12.0. The molecule has 5 fully saturated rings. The summed E-state index contributed by atoms with van der Waals surface area (Å²) in [6.07, 6.45) is 4.40. The molecule has 1 spiro atoms. The summed E-state index contributed by atoms with van der Waals surface area (Å²) in [5.41, 5.74) is 5.00. The van der Waals surface area contributed by atoms with Gasteiger partial charge in [0, 0.05) is 25.4 Å². The quantitative estimate of drug-likeness (QED) is 0.586. The van der Waals surface area contributed by atoms with Gasteiger partial charge < -0.3 is 4.74 Å². The molecule has 0 amide bonds. The first-order valence-electron chi connectivity index (χ1n) is 9.42. The molecular weight excluding hydrogens is 312 g/mol. The van der Waals surface area contributed by atoms with Crippen molar-refractivity contribution < 1.29 is 9.53 Å².